The number of amidine groups is 1. The van der Waals surface area contributed by atoms with E-state index in [0.717, 1.165) is 32.5 Å². The number of nitrogens with one attached hydrogen (secondary N) is 2. The first-order valence-electron chi connectivity index (χ1n) is 8.27. The lowest BCUT2D eigenvalue weighted by Crippen LogP contribution is -2.37. The number of carbonyl (C=O) groups is 2. The van der Waals surface area contributed by atoms with E-state index in [1.54, 1.807) is 24.3 Å². The Bertz CT molecular complexity index is 590. The number of allylic oxidation sites excluding steroid dienone is 3. The fourth-order valence-corrected chi connectivity index (χ4v) is 2.41. The molecule has 0 aromatic carbocycles. The predicted octanol–water partition coefficient (Wildman–Crippen LogP) is 0.156. The number of carbonyl (C=O) groups excluding carboxylic acids is 2. The molecular weight excluding hydrogens is 306 g/mol. The van der Waals surface area contributed by atoms with Gasteiger partial charge in [-0.1, -0.05) is 18.2 Å². The molecular formula is C17H25N5O2. The van der Waals surface area contributed by atoms with Gasteiger partial charge in [-0.15, -0.1) is 0 Å². The second kappa shape index (κ2) is 9.24. The van der Waals surface area contributed by atoms with Gasteiger partial charge in [0.2, 0.25) is 5.84 Å². The van der Waals surface area contributed by atoms with Crippen LogP contribution in [-0.2, 0) is 9.59 Å². The van der Waals surface area contributed by atoms with E-state index in [9.17, 15) is 9.59 Å². The third kappa shape index (κ3) is 5.50. The molecule has 0 fully saturated rings. The monoisotopic (exact) mass is 331 g/mol. The average Bonchev–Trinajstić information content (AvgIpc) is 2.56. The summed E-state index contributed by atoms with van der Waals surface area (Å²) < 4.78 is 0. The Hall–Kier alpha value is -2.12. The van der Waals surface area contributed by atoms with E-state index in [4.69, 9.17) is 0 Å². The highest BCUT2D eigenvalue weighted by molar-refractivity contribution is 6.44. The fraction of sp³-hybridized carbons (Fsp3) is 0.529. The van der Waals surface area contributed by atoms with Crippen molar-refractivity contribution in [2.45, 2.75) is 12.8 Å². The Balaban J connectivity index is 1.66. The van der Waals surface area contributed by atoms with E-state index in [0.29, 0.717) is 12.3 Å². The van der Waals surface area contributed by atoms with Gasteiger partial charge in [-0.25, -0.2) is 4.99 Å². The van der Waals surface area contributed by atoms with E-state index >= 15 is 0 Å². The predicted molar refractivity (Wildman–Crippen MR) is 95.3 cm³/mol. The molecule has 7 heteroatoms. The standard InChI is InChI=1S/C17H25N5O2/c1-22(2)12-6-10-18-9-5-11-19-17(24)15-20-14-8-4-3-7-13(14)16(23)21-15/h3-4,7-8,13,18H,5-6,9-12H2,1-2H3,(H,19,24). The van der Waals surface area contributed by atoms with Crippen LogP contribution in [0.25, 0.3) is 0 Å². The van der Waals surface area contributed by atoms with Crippen LogP contribution in [0.4, 0.5) is 0 Å². The second-order valence-electron chi connectivity index (χ2n) is 6.05. The van der Waals surface area contributed by atoms with Crippen molar-refractivity contribution in [3.05, 3.63) is 24.3 Å². The normalized spacial score (nSPS) is 19.1. The summed E-state index contributed by atoms with van der Waals surface area (Å²) in [5, 5.41) is 6.09. The number of fused-ring (bicyclic) bond motifs is 1. The third-order valence-corrected chi connectivity index (χ3v) is 3.70. The van der Waals surface area contributed by atoms with E-state index in [1.807, 2.05) is 0 Å². The minimum atomic E-state index is -0.446. The molecule has 1 aliphatic heterocycles. The average molecular weight is 331 g/mol. The van der Waals surface area contributed by atoms with Crippen molar-refractivity contribution < 1.29 is 9.59 Å². The molecule has 7 nitrogen and oxygen atoms in total. The van der Waals surface area contributed by atoms with Gasteiger partial charge in [-0.3, -0.25) is 9.59 Å². The molecule has 0 saturated heterocycles. The Morgan fingerprint density at radius 3 is 2.75 bits per heavy atom. The maximum atomic E-state index is 12.1. The molecule has 1 atom stereocenters. The van der Waals surface area contributed by atoms with Crippen molar-refractivity contribution >= 4 is 23.4 Å². The van der Waals surface area contributed by atoms with Gasteiger partial charge in [0.1, 0.15) is 5.92 Å². The fourth-order valence-electron chi connectivity index (χ4n) is 2.41. The maximum absolute atomic E-state index is 12.1. The third-order valence-electron chi connectivity index (χ3n) is 3.70. The van der Waals surface area contributed by atoms with Gasteiger partial charge in [0.25, 0.3) is 11.8 Å². The van der Waals surface area contributed by atoms with Crippen molar-refractivity contribution in [1.29, 1.82) is 0 Å². The Labute approximate surface area is 142 Å². The van der Waals surface area contributed by atoms with Crippen LogP contribution in [0.3, 0.4) is 0 Å². The molecule has 2 rings (SSSR count). The summed E-state index contributed by atoms with van der Waals surface area (Å²) in [6, 6.07) is 0. The van der Waals surface area contributed by atoms with Gasteiger partial charge in [-0.2, -0.15) is 4.99 Å². The molecule has 1 unspecified atom stereocenters. The van der Waals surface area contributed by atoms with Gasteiger partial charge in [0.05, 0.1) is 5.71 Å². The lowest BCUT2D eigenvalue weighted by atomic mass is 9.96. The zero-order chi connectivity index (χ0) is 17.4. The first kappa shape index (κ1) is 18.2. The summed E-state index contributed by atoms with van der Waals surface area (Å²) in [6.45, 7) is 3.38. The summed E-state index contributed by atoms with van der Waals surface area (Å²) in [5.41, 5.74) is 0.574. The molecule has 2 amide bonds. The van der Waals surface area contributed by atoms with Crippen LogP contribution >= 0.6 is 0 Å². The molecule has 0 aromatic heterocycles. The van der Waals surface area contributed by atoms with Crippen molar-refractivity contribution in [3.8, 4) is 0 Å². The van der Waals surface area contributed by atoms with E-state index in [-0.39, 0.29) is 11.7 Å². The van der Waals surface area contributed by atoms with Crippen molar-refractivity contribution in [1.82, 2.24) is 15.5 Å². The number of amides is 2. The van der Waals surface area contributed by atoms with Gasteiger partial charge in [-0.05, 0) is 52.6 Å². The summed E-state index contributed by atoms with van der Waals surface area (Å²) in [5.74, 6) is -1.23. The smallest absolute Gasteiger partial charge is 0.289 e. The summed E-state index contributed by atoms with van der Waals surface area (Å²) >= 11 is 0. The molecule has 2 N–H and O–H groups in total. The number of nitrogens with zero attached hydrogens (tertiary/aromatic N) is 3. The molecule has 130 valence electrons. The number of rotatable bonds is 9. The summed E-state index contributed by atoms with van der Waals surface area (Å²) in [7, 11) is 4.11. The van der Waals surface area contributed by atoms with E-state index in [2.05, 4.69) is 39.6 Å². The quantitative estimate of drug-likeness (QED) is 0.589. The first-order chi connectivity index (χ1) is 11.6. The van der Waals surface area contributed by atoms with Gasteiger partial charge in [0, 0.05) is 6.54 Å². The van der Waals surface area contributed by atoms with Crippen LogP contribution in [-0.4, -0.2) is 68.5 Å². The van der Waals surface area contributed by atoms with Crippen LogP contribution in [0, 0.1) is 5.92 Å². The van der Waals surface area contributed by atoms with Crippen molar-refractivity contribution in [2.75, 3.05) is 40.3 Å². The second-order valence-corrected chi connectivity index (χ2v) is 6.05. The Kier molecular flexibility index (Phi) is 7.02. The molecule has 0 spiro atoms. The molecule has 0 radical (unpaired) electrons. The van der Waals surface area contributed by atoms with Gasteiger partial charge >= 0.3 is 0 Å². The topological polar surface area (TPSA) is 86.2 Å². The molecule has 24 heavy (non-hydrogen) atoms. The van der Waals surface area contributed by atoms with Crippen LogP contribution in [0.5, 0.6) is 0 Å². The zero-order valence-electron chi connectivity index (χ0n) is 14.3. The van der Waals surface area contributed by atoms with Gasteiger partial charge < -0.3 is 15.5 Å². The lowest BCUT2D eigenvalue weighted by molar-refractivity contribution is -0.119. The van der Waals surface area contributed by atoms with Crippen LogP contribution in [0.15, 0.2) is 34.3 Å². The SMILES string of the molecule is CN(C)CCCNCCCNC(=O)C1=NC(=O)C2C=CC=CC2=N1. The number of aliphatic imine (C=N–C) groups is 2. The number of hydrogen-bond acceptors (Lipinski definition) is 5. The molecule has 1 aliphatic carbocycles. The van der Waals surface area contributed by atoms with E-state index < -0.39 is 11.8 Å². The highest BCUT2D eigenvalue weighted by Gasteiger charge is 2.28. The van der Waals surface area contributed by atoms with Crippen LogP contribution < -0.4 is 10.6 Å². The number of hydrogen-bond donors (Lipinski definition) is 2. The van der Waals surface area contributed by atoms with Crippen LogP contribution in [0.1, 0.15) is 12.8 Å². The first-order valence-corrected chi connectivity index (χ1v) is 8.27. The summed E-state index contributed by atoms with van der Waals surface area (Å²) in [6.07, 6.45) is 8.97. The van der Waals surface area contributed by atoms with Crippen LogP contribution in [0.2, 0.25) is 0 Å². The lowest BCUT2D eigenvalue weighted by Gasteiger charge is -2.17. The maximum Gasteiger partial charge on any atom is 0.289 e. The minimum Gasteiger partial charge on any atom is -0.349 e. The highest BCUT2D eigenvalue weighted by atomic mass is 16.2. The van der Waals surface area contributed by atoms with Crippen molar-refractivity contribution in [3.63, 3.8) is 0 Å². The zero-order valence-corrected chi connectivity index (χ0v) is 14.3. The van der Waals surface area contributed by atoms with Gasteiger partial charge in [0.15, 0.2) is 0 Å². The molecule has 0 aromatic rings. The Morgan fingerprint density at radius 1 is 1.17 bits per heavy atom. The highest BCUT2D eigenvalue weighted by Crippen LogP contribution is 2.16. The molecule has 0 bridgehead atoms. The largest absolute Gasteiger partial charge is 0.349 e. The molecule has 2 aliphatic rings. The van der Waals surface area contributed by atoms with Crippen molar-refractivity contribution in [2.24, 2.45) is 15.9 Å². The molecule has 0 saturated carbocycles. The Morgan fingerprint density at radius 2 is 1.96 bits per heavy atom. The minimum absolute atomic E-state index is 0.0508. The molecule has 1 heterocycles. The van der Waals surface area contributed by atoms with E-state index in [1.165, 1.54) is 0 Å². The summed E-state index contributed by atoms with van der Waals surface area (Å²) in [4.78, 5) is 34.1.